The molecule has 6 nitrogen and oxygen atoms in total. The Bertz CT molecular complexity index is 312. The molecule has 0 spiro atoms. The standard InChI is InChI=1S/C14H28O4.C2H4O2/c1-13(2,17-5)9-7-11(12(15)16)8-10-14(3,4)18-6;1-2(3)4/h11H,7-10H2,1-6H3,(H,15,16);1H3,(H,3,4). The molecule has 2 N–H and O–H groups in total. The average Bonchev–Trinajstić information content (AvgIpc) is 2.37. The van der Waals surface area contributed by atoms with Crippen LogP contribution in [0.5, 0.6) is 0 Å². The van der Waals surface area contributed by atoms with E-state index in [1.54, 1.807) is 14.2 Å². The van der Waals surface area contributed by atoms with Crippen molar-refractivity contribution in [3.05, 3.63) is 0 Å². The summed E-state index contributed by atoms with van der Waals surface area (Å²) in [6, 6.07) is 0. The highest BCUT2D eigenvalue weighted by atomic mass is 16.5. The second-order valence-electron chi connectivity index (χ2n) is 6.56. The molecule has 0 fully saturated rings. The van der Waals surface area contributed by atoms with Gasteiger partial charge in [-0.3, -0.25) is 9.59 Å². The van der Waals surface area contributed by atoms with Crippen LogP contribution in [0.1, 0.15) is 60.3 Å². The summed E-state index contributed by atoms with van der Waals surface area (Å²) in [5.41, 5.74) is -0.519. The zero-order valence-electron chi connectivity index (χ0n) is 14.9. The van der Waals surface area contributed by atoms with Crippen molar-refractivity contribution in [3.8, 4) is 0 Å². The number of carbonyl (C=O) groups is 2. The molecule has 0 bridgehead atoms. The van der Waals surface area contributed by atoms with Crippen molar-refractivity contribution in [1.29, 1.82) is 0 Å². The van der Waals surface area contributed by atoms with Crippen molar-refractivity contribution < 1.29 is 29.3 Å². The van der Waals surface area contributed by atoms with E-state index in [2.05, 4.69) is 0 Å². The lowest BCUT2D eigenvalue weighted by Gasteiger charge is -2.27. The van der Waals surface area contributed by atoms with Crippen LogP contribution in [0, 0.1) is 5.92 Å². The Labute approximate surface area is 133 Å². The summed E-state index contributed by atoms with van der Waals surface area (Å²) in [6.45, 7) is 8.99. The number of aliphatic carboxylic acids is 2. The number of carboxylic acid groups (broad SMARTS) is 2. The zero-order chi connectivity index (χ0) is 18.0. The first-order chi connectivity index (χ1) is 9.87. The third-order valence-corrected chi connectivity index (χ3v) is 3.64. The molecule has 0 heterocycles. The summed E-state index contributed by atoms with van der Waals surface area (Å²) >= 11 is 0. The molecule has 6 heteroatoms. The fourth-order valence-electron chi connectivity index (χ4n) is 1.64. The van der Waals surface area contributed by atoms with Gasteiger partial charge in [-0.2, -0.15) is 0 Å². The second-order valence-corrected chi connectivity index (χ2v) is 6.56. The summed E-state index contributed by atoms with van der Waals surface area (Å²) < 4.78 is 10.6. The minimum Gasteiger partial charge on any atom is -0.481 e. The van der Waals surface area contributed by atoms with Gasteiger partial charge in [0.2, 0.25) is 0 Å². The van der Waals surface area contributed by atoms with Crippen molar-refractivity contribution in [3.63, 3.8) is 0 Å². The summed E-state index contributed by atoms with van der Waals surface area (Å²) in [5, 5.41) is 16.6. The van der Waals surface area contributed by atoms with Gasteiger partial charge in [0.25, 0.3) is 5.97 Å². The molecule has 0 aliphatic rings. The van der Waals surface area contributed by atoms with Crippen LogP contribution in [-0.4, -0.2) is 47.6 Å². The molecule has 0 rings (SSSR count). The average molecular weight is 320 g/mol. The second kappa shape index (κ2) is 10.6. The van der Waals surface area contributed by atoms with E-state index >= 15 is 0 Å². The molecular weight excluding hydrogens is 288 g/mol. The lowest BCUT2D eigenvalue weighted by Crippen LogP contribution is -2.28. The fourth-order valence-corrected chi connectivity index (χ4v) is 1.64. The van der Waals surface area contributed by atoms with Gasteiger partial charge in [-0.15, -0.1) is 0 Å². The molecule has 0 aliphatic carbocycles. The van der Waals surface area contributed by atoms with E-state index in [-0.39, 0.29) is 17.1 Å². The van der Waals surface area contributed by atoms with E-state index in [1.807, 2.05) is 27.7 Å². The Hall–Kier alpha value is -1.14. The maximum absolute atomic E-state index is 11.2. The number of carboxylic acids is 2. The van der Waals surface area contributed by atoms with Crippen LogP contribution in [0.3, 0.4) is 0 Å². The van der Waals surface area contributed by atoms with Crippen LogP contribution in [0.15, 0.2) is 0 Å². The molecule has 0 aromatic heterocycles. The monoisotopic (exact) mass is 320 g/mol. The molecule has 0 unspecified atom stereocenters. The summed E-state index contributed by atoms with van der Waals surface area (Å²) in [4.78, 5) is 20.2. The Morgan fingerprint density at radius 1 is 0.909 bits per heavy atom. The molecule has 0 radical (unpaired) electrons. The Balaban J connectivity index is 0. The lowest BCUT2D eigenvalue weighted by atomic mass is 9.88. The number of hydrogen-bond donors (Lipinski definition) is 2. The van der Waals surface area contributed by atoms with E-state index in [0.717, 1.165) is 19.8 Å². The first kappa shape index (κ1) is 23.1. The number of methoxy groups -OCH3 is 2. The van der Waals surface area contributed by atoms with Gasteiger partial charge in [0.15, 0.2) is 0 Å². The van der Waals surface area contributed by atoms with Crippen molar-refractivity contribution in [1.82, 2.24) is 0 Å². The predicted molar refractivity (Wildman–Crippen MR) is 85.1 cm³/mol. The topological polar surface area (TPSA) is 93.1 Å². The number of hydrogen-bond acceptors (Lipinski definition) is 4. The molecule has 0 amide bonds. The van der Waals surface area contributed by atoms with E-state index < -0.39 is 11.9 Å². The van der Waals surface area contributed by atoms with E-state index in [0.29, 0.717) is 12.8 Å². The highest BCUT2D eigenvalue weighted by Gasteiger charge is 2.26. The van der Waals surface area contributed by atoms with Gasteiger partial charge in [-0.25, -0.2) is 0 Å². The minimum atomic E-state index is -0.833. The Kier molecular flexibility index (Phi) is 11.1. The lowest BCUT2D eigenvalue weighted by molar-refractivity contribution is -0.143. The van der Waals surface area contributed by atoms with Crippen LogP contribution < -0.4 is 0 Å². The molecule has 0 aromatic rings. The third kappa shape index (κ3) is 13.8. The molecule has 0 atom stereocenters. The van der Waals surface area contributed by atoms with E-state index in [1.165, 1.54) is 0 Å². The van der Waals surface area contributed by atoms with Crippen LogP contribution >= 0.6 is 0 Å². The van der Waals surface area contributed by atoms with Crippen molar-refractivity contribution in [2.24, 2.45) is 5.92 Å². The van der Waals surface area contributed by atoms with Crippen molar-refractivity contribution >= 4 is 11.9 Å². The van der Waals surface area contributed by atoms with Gasteiger partial charge in [0.1, 0.15) is 0 Å². The van der Waals surface area contributed by atoms with Gasteiger partial charge in [0, 0.05) is 21.1 Å². The first-order valence-corrected chi connectivity index (χ1v) is 7.39. The Morgan fingerprint density at radius 2 is 1.18 bits per heavy atom. The molecule has 0 saturated heterocycles. The first-order valence-electron chi connectivity index (χ1n) is 7.39. The van der Waals surface area contributed by atoms with Gasteiger partial charge in [-0.05, 0) is 53.4 Å². The van der Waals surface area contributed by atoms with Gasteiger partial charge in [-0.1, -0.05) is 0 Å². The molecule has 0 aliphatic heterocycles. The summed E-state index contributed by atoms with van der Waals surface area (Å²) in [7, 11) is 3.31. The van der Waals surface area contributed by atoms with Crippen molar-refractivity contribution in [2.75, 3.05) is 14.2 Å². The maximum Gasteiger partial charge on any atom is 0.306 e. The maximum atomic E-state index is 11.2. The molecular formula is C16H32O6. The fraction of sp³-hybridized carbons (Fsp3) is 0.875. The van der Waals surface area contributed by atoms with Gasteiger partial charge >= 0.3 is 5.97 Å². The molecule has 0 aromatic carbocycles. The van der Waals surface area contributed by atoms with Crippen LogP contribution in [0.2, 0.25) is 0 Å². The molecule has 132 valence electrons. The van der Waals surface area contributed by atoms with Crippen LogP contribution in [0.4, 0.5) is 0 Å². The smallest absolute Gasteiger partial charge is 0.306 e. The van der Waals surface area contributed by atoms with Crippen LogP contribution in [0.25, 0.3) is 0 Å². The summed E-state index contributed by atoms with van der Waals surface area (Å²) in [6.07, 6.45) is 2.76. The van der Waals surface area contributed by atoms with Crippen LogP contribution in [-0.2, 0) is 19.1 Å². The highest BCUT2D eigenvalue weighted by Crippen LogP contribution is 2.25. The molecule has 22 heavy (non-hydrogen) atoms. The minimum absolute atomic E-state index is 0.259. The number of rotatable bonds is 9. The third-order valence-electron chi connectivity index (χ3n) is 3.64. The zero-order valence-corrected chi connectivity index (χ0v) is 14.9. The van der Waals surface area contributed by atoms with Gasteiger partial charge < -0.3 is 19.7 Å². The largest absolute Gasteiger partial charge is 0.481 e. The SMILES string of the molecule is CC(=O)O.COC(C)(C)CCC(CCC(C)(C)OC)C(=O)O. The van der Waals surface area contributed by atoms with E-state index in [4.69, 9.17) is 19.4 Å². The van der Waals surface area contributed by atoms with E-state index in [9.17, 15) is 9.90 Å². The Morgan fingerprint density at radius 3 is 1.36 bits per heavy atom. The highest BCUT2D eigenvalue weighted by molar-refractivity contribution is 5.69. The van der Waals surface area contributed by atoms with Gasteiger partial charge in [0.05, 0.1) is 17.1 Å². The summed E-state index contributed by atoms with van der Waals surface area (Å²) in [5.74, 6) is -1.89. The van der Waals surface area contributed by atoms with Crippen molar-refractivity contribution in [2.45, 2.75) is 71.5 Å². The quantitative estimate of drug-likeness (QED) is 0.677. The molecule has 0 saturated carbocycles. The number of ether oxygens (including phenoxy) is 2. The normalized spacial score (nSPS) is 11.8. The predicted octanol–water partition coefficient (Wildman–Crippen LogP) is 3.19.